The first-order valence-electron chi connectivity index (χ1n) is 9.81. The van der Waals surface area contributed by atoms with Gasteiger partial charge in [-0.15, -0.1) is 24.0 Å². The van der Waals surface area contributed by atoms with Crippen LogP contribution in [0.2, 0.25) is 0 Å². The molecule has 2 saturated heterocycles. The molecule has 0 aromatic carbocycles. The Morgan fingerprint density at radius 1 is 1.21 bits per heavy atom. The number of hydrogen-bond donors (Lipinski definition) is 2. The van der Waals surface area contributed by atoms with Crippen molar-refractivity contribution >= 4 is 45.9 Å². The first kappa shape index (κ1) is 25.3. The molecule has 2 aliphatic rings. The zero-order valence-corrected chi connectivity index (χ0v) is 20.5. The van der Waals surface area contributed by atoms with E-state index in [4.69, 9.17) is 4.74 Å². The van der Waals surface area contributed by atoms with Gasteiger partial charge in [0.2, 0.25) is 0 Å². The molecule has 28 heavy (non-hydrogen) atoms. The summed E-state index contributed by atoms with van der Waals surface area (Å²) >= 11 is 0. The number of guanidine groups is 1. The highest BCUT2D eigenvalue weighted by Gasteiger charge is 2.29. The highest BCUT2D eigenvalue weighted by atomic mass is 127. The summed E-state index contributed by atoms with van der Waals surface area (Å²) in [5, 5.41) is 6.43. The maximum atomic E-state index is 12.1. The predicted molar refractivity (Wildman–Crippen MR) is 122 cm³/mol. The Morgan fingerprint density at radius 2 is 1.86 bits per heavy atom. The molecule has 2 rings (SSSR count). The van der Waals surface area contributed by atoms with E-state index in [2.05, 4.69) is 15.6 Å². The molecule has 0 aromatic heterocycles. The number of nitrogens with one attached hydrogen (secondary N) is 2. The number of likely N-dealkylation sites (tertiary alicyclic amines) is 1. The van der Waals surface area contributed by atoms with Crippen LogP contribution in [0.3, 0.4) is 0 Å². The van der Waals surface area contributed by atoms with E-state index in [9.17, 15) is 13.2 Å². The fourth-order valence-electron chi connectivity index (χ4n) is 3.27. The molecule has 0 radical (unpaired) electrons. The number of sulfone groups is 1. The average Bonchev–Trinajstić information content (AvgIpc) is 2.90. The van der Waals surface area contributed by atoms with Crippen LogP contribution in [-0.2, 0) is 14.6 Å². The van der Waals surface area contributed by atoms with Gasteiger partial charge in [0, 0.05) is 32.2 Å². The first-order valence-corrected chi connectivity index (χ1v) is 11.6. The van der Waals surface area contributed by atoms with Gasteiger partial charge in [0.25, 0.3) is 0 Å². The van der Waals surface area contributed by atoms with Gasteiger partial charge in [-0.2, -0.15) is 0 Å². The van der Waals surface area contributed by atoms with Crippen molar-refractivity contribution in [2.45, 2.75) is 58.6 Å². The normalized spacial score (nSPS) is 23.1. The molecule has 1 amide bonds. The lowest BCUT2D eigenvalue weighted by molar-refractivity contribution is 0.0187. The summed E-state index contributed by atoms with van der Waals surface area (Å²) in [6.07, 6.45) is 2.16. The molecule has 1 atom stereocenters. The summed E-state index contributed by atoms with van der Waals surface area (Å²) in [5.74, 6) is 1.50. The van der Waals surface area contributed by atoms with E-state index in [-0.39, 0.29) is 47.6 Å². The molecular weight excluding hydrogens is 495 g/mol. The standard InChI is InChI=1S/C18H34N4O4S.HI/c1-5-19-16(21-15-8-11-27(24,25)13-15)20-12-14-6-9-22(10-7-14)17(23)26-18(2,3)4;/h14-15H,5-13H2,1-4H3,(H2,19,20,21);1H. The van der Waals surface area contributed by atoms with E-state index in [1.165, 1.54) is 0 Å². The first-order chi connectivity index (χ1) is 12.6. The maximum absolute atomic E-state index is 12.1. The van der Waals surface area contributed by atoms with Crippen LogP contribution in [0.4, 0.5) is 4.79 Å². The number of ether oxygens (including phenoxy) is 1. The number of carbonyl (C=O) groups is 1. The minimum Gasteiger partial charge on any atom is -0.444 e. The summed E-state index contributed by atoms with van der Waals surface area (Å²) in [6, 6.07) is -0.0678. The van der Waals surface area contributed by atoms with E-state index in [0.29, 0.717) is 37.9 Å². The Balaban J connectivity index is 0.00000392. The third kappa shape index (κ3) is 8.71. The molecule has 0 spiro atoms. The Bertz CT molecular complexity index is 640. The molecule has 0 saturated carbocycles. The molecular formula is C18H35IN4O4S. The molecule has 2 N–H and O–H groups in total. The number of piperidine rings is 1. The van der Waals surface area contributed by atoms with E-state index >= 15 is 0 Å². The van der Waals surface area contributed by atoms with Gasteiger partial charge in [0.15, 0.2) is 15.8 Å². The van der Waals surface area contributed by atoms with Gasteiger partial charge in [0.1, 0.15) is 5.60 Å². The molecule has 2 heterocycles. The van der Waals surface area contributed by atoms with E-state index < -0.39 is 15.4 Å². The Hall–Kier alpha value is -0.780. The van der Waals surface area contributed by atoms with E-state index in [1.54, 1.807) is 4.90 Å². The van der Waals surface area contributed by atoms with Crippen molar-refractivity contribution in [1.82, 2.24) is 15.5 Å². The lowest BCUT2D eigenvalue weighted by atomic mass is 9.97. The van der Waals surface area contributed by atoms with Gasteiger partial charge in [-0.05, 0) is 52.9 Å². The molecule has 164 valence electrons. The third-order valence-corrected chi connectivity index (χ3v) is 6.46. The monoisotopic (exact) mass is 530 g/mol. The minimum atomic E-state index is -2.91. The fourth-order valence-corrected chi connectivity index (χ4v) is 4.94. The van der Waals surface area contributed by atoms with Crippen LogP contribution in [0.15, 0.2) is 4.99 Å². The number of rotatable bonds is 4. The van der Waals surface area contributed by atoms with Crippen LogP contribution in [-0.4, -0.2) is 74.7 Å². The number of carbonyl (C=O) groups excluding carboxylic acids is 1. The highest BCUT2D eigenvalue weighted by molar-refractivity contribution is 14.0. The molecule has 1 unspecified atom stereocenters. The van der Waals surface area contributed by atoms with Crippen LogP contribution in [0.5, 0.6) is 0 Å². The summed E-state index contributed by atoms with van der Waals surface area (Å²) < 4.78 is 28.7. The molecule has 2 fully saturated rings. The molecule has 0 aliphatic carbocycles. The summed E-state index contributed by atoms with van der Waals surface area (Å²) in [7, 11) is -2.91. The summed E-state index contributed by atoms with van der Waals surface area (Å²) in [6.45, 7) is 10.4. The van der Waals surface area contributed by atoms with Crippen LogP contribution < -0.4 is 10.6 Å². The van der Waals surface area contributed by atoms with Crippen LogP contribution in [0.1, 0.15) is 47.0 Å². The lowest BCUT2D eigenvalue weighted by Gasteiger charge is -2.33. The van der Waals surface area contributed by atoms with Crippen molar-refractivity contribution in [3.05, 3.63) is 0 Å². The van der Waals surface area contributed by atoms with Crippen molar-refractivity contribution in [3.63, 3.8) is 0 Å². The van der Waals surface area contributed by atoms with Crippen LogP contribution in [0, 0.1) is 5.92 Å². The van der Waals surface area contributed by atoms with E-state index in [1.807, 2.05) is 27.7 Å². The third-order valence-electron chi connectivity index (χ3n) is 4.69. The van der Waals surface area contributed by atoms with Crippen molar-refractivity contribution in [2.75, 3.05) is 37.7 Å². The molecule has 2 aliphatic heterocycles. The largest absolute Gasteiger partial charge is 0.444 e. The van der Waals surface area contributed by atoms with Gasteiger partial charge in [0.05, 0.1) is 11.5 Å². The Morgan fingerprint density at radius 3 is 2.36 bits per heavy atom. The van der Waals surface area contributed by atoms with Crippen molar-refractivity contribution < 1.29 is 17.9 Å². The second-order valence-electron chi connectivity index (χ2n) is 8.37. The molecule has 10 heteroatoms. The number of halogens is 1. The number of amides is 1. The van der Waals surface area contributed by atoms with Crippen molar-refractivity contribution in [2.24, 2.45) is 10.9 Å². The van der Waals surface area contributed by atoms with Crippen LogP contribution in [0.25, 0.3) is 0 Å². The quantitative estimate of drug-likeness (QED) is 0.328. The van der Waals surface area contributed by atoms with Crippen molar-refractivity contribution in [1.29, 1.82) is 0 Å². The summed E-state index contributed by atoms with van der Waals surface area (Å²) in [5.41, 5.74) is -0.474. The SMILES string of the molecule is CCNC(=NCC1CCN(C(=O)OC(C)(C)C)CC1)NC1CCS(=O)(=O)C1.I. The second-order valence-corrected chi connectivity index (χ2v) is 10.6. The van der Waals surface area contributed by atoms with Gasteiger partial charge < -0.3 is 20.3 Å². The zero-order chi connectivity index (χ0) is 20.1. The second kappa shape index (κ2) is 10.8. The minimum absolute atomic E-state index is 0. The maximum Gasteiger partial charge on any atom is 0.410 e. The highest BCUT2D eigenvalue weighted by Crippen LogP contribution is 2.20. The smallest absolute Gasteiger partial charge is 0.410 e. The Kier molecular flexibility index (Phi) is 9.78. The van der Waals surface area contributed by atoms with E-state index in [0.717, 1.165) is 19.4 Å². The number of aliphatic imine (C=N–C) groups is 1. The van der Waals surface area contributed by atoms with Gasteiger partial charge in [-0.1, -0.05) is 0 Å². The van der Waals surface area contributed by atoms with Gasteiger partial charge >= 0.3 is 6.09 Å². The number of nitrogens with zero attached hydrogens (tertiary/aromatic N) is 2. The lowest BCUT2D eigenvalue weighted by Crippen LogP contribution is -2.45. The average molecular weight is 530 g/mol. The fraction of sp³-hybridized carbons (Fsp3) is 0.889. The number of hydrogen-bond acceptors (Lipinski definition) is 5. The molecule has 8 nitrogen and oxygen atoms in total. The summed E-state index contributed by atoms with van der Waals surface area (Å²) in [4.78, 5) is 18.5. The Labute approximate surface area is 186 Å². The predicted octanol–water partition coefficient (Wildman–Crippen LogP) is 1.99. The van der Waals surface area contributed by atoms with Crippen LogP contribution >= 0.6 is 24.0 Å². The zero-order valence-electron chi connectivity index (χ0n) is 17.4. The molecule has 0 bridgehead atoms. The van der Waals surface area contributed by atoms with Gasteiger partial charge in [-0.3, -0.25) is 4.99 Å². The van der Waals surface area contributed by atoms with Crippen molar-refractivity contribution in [3.8, 4) is 0 Å². The topological polar surface area (TPSA) is 100 Å². The molecule has 0 aromatic rings. The van der Waals surface area contributed by atoms with Gasteiger partial charge in [-0.25, -0.2) is 13.2 Å².